The summed E-state index contributed by atoms with van der Waals surface area (Å²) in [4.78, 5) is 26.9. The highest BCUT2D eigenvalue weighted by Crippen LogP contribution is 2.32. The molecule has 8 heteroatoms. The number of nitrogens with one attached hydrogen (secondary N) is 1. The Morgan fingerprint density at radius 1 is 1.03 bits per heavy atom. The molecule has 0 amide bonds. The van der Waals surface area contributed by atoms with E-state index in [1.807, 2.05) is 0 Å². The predicted octanol–water partition coefficient (Wildman–Crippen LogP) is 4.06. The van der Waals surface area contributed by atoms with Gasteiger partial charge in [-0.3, -0.25) is 9.78 Å². The molecule has 1 aliphatic heterocycles. The largest absolute Gasteiger partial charge is 0.469 e. The van der Waals surface area contributed by atoms with E-state index >= 15 is 0 Å². The van der Waals surface area contributed by atoms with E-state index in [0.29, 0.717) is 35.0 Å². The molecule has 1 aliphatic rings. The number of pyridine rings is 1. The monoisotopic (exact) mass is 414 g/mol. The van der Waals surface area contributed by atoms with Crippen molar-refractivity contribution < 1.29 is 27.8 Å². The molecule has 0 saturated heterocycles. The van der Waals surface area contributed by atoms with Gasteiger partial charge in [0.15, 0.2) is 0 Å². The molecule has 156 valence electrons. The van der Waals surface area contributed by atoms with E-state index in [2.05, 4.69) is 15.0 Å². The third-order valence-corrected chi connectivity index (χ3v) is 4.73. The van der Waals surface area contributed by atoms with E-state index in [9.17, 15) is 18.4 Å². The van der Waals surface area contributed by atoms with Crippen LogP contribution in [0.25, 0.3) is 10.9 Å². The average molecular weight is 414 g/mol. The topological polar surface area (TPSA) is 77.5 Å². The number of fused-ring (bicyclic) bond motifs is 2. The van der Waals surface area contributed by atoms with Gasteiger partial charge in [0.25, 0.3) is 0 Å². The van der Waals surface area contributed by atoms with E-state index in [1.54, 1.807) is 6.07 Å². The van der Waals surface area contributed by atoms with Gasteiger partial charge in [0.2, 0.25) is 0 Å². The maximum Gasteiger partial charge on any atom is 0.338 e. The molecule has 2 aromatic carbocycles. The first-order valence-corrected chi connectivity index (χ1v) is 9.18. The van der Waals surface area contributed by atoms with Crippen LogP contribution in [0.3, 0.4) is 0 Å². The van der Waals surface area contributed by atoms with Crippen molar-refractivity contribution in [2.45, 2.75) is 12.3 Å². The zero-order valence-electron chi connectivity index (χ0n) is 16.4. The summed E-state index contributed by atoms with van der Waals surface area (Å²) in [6.07, 6.45) is 2.13. The summed E-state index contributed by atoms with van der Waals surface area (Å²) < 4.78 is 35.4. The molecule has 4 rings (SSSR count). The van der Waals surface area contributed by atoms with Crippen LogP contribution in [0.4, 0.5) is 14.5 Å². The Balaban J connectivity index is 0.000000171. The number of methoxy groups -OCH3 is 2. The number of nitrogens with zero attached hydrogens (tertiary/aromatic N) is 1. The number of carbonyl (C=O) groups is 2. The molecule has 0 spiro atoms. The molecule has 1 unspecified atom stereocenters. The number of hydrogen-bond acceptors (Lipinski definition) is 6. The minimum Gasteiger partial charge on any atom is -0.469 e. The molecule has 1 aromatic heterocycles. The van der Waals surface area contributed by atoms with Gasteiger partial charge in [-0.25, -0.2) is 13.6 Å². The van der Waals surface area contributed by atoms with Gasteiger partial charge in [0.1, 0.15) is 11.6 Å². The Kier molecular flexibility index (Phi) is 6.56. The van der Waals surface area contributed by atoms with Crippen LogP contribution in [-0.4, -0.2) is 37.7 Å². The normalized spacial score (nSPS) is 14.6. The summed E-state index contributed by atoms with van der Waals surface area (Å²) in [5, 5.41) is 3.59. The lowest BCUT2D eigenvalue weighted by molar-refractivity contribution is -0.142. The van der Waals surface area contributed by atoms with Crippen LogP contribution < -0.4 is 5.32 Å². The lowest BCUT2D eigenvalue weighted by Gasteiger charge is -2.24. The highest BCUT2D eigenvalue weighted by atomic mass is 19.1. The highest BCUT2D eigenvalue weighted by molar-refractivity contribution is 6.03. The summed E-state index contributed by atoms with van der Waals surface area (Å²) in [5.41, 5.74) is 2.40. The summed E-state index contributed by atoms with van der Waals surface area (Å²) in [6, 6.07) is 10.0. The van der Waals surface area contributed by atoms with Crippen LogP contribution in [0.1, 0.15) is 28.3 Å². The third-order valence-electron chi connectivity index (χ3n) is 4.73. The molecule has 0 bridgehead atoms. The number of aromatic nitrogens is 1. The number of carbonyl (C=O) groups excluding carboxylic acids is 2. The first kappa shape index (κ1) is 21.2. The number of halogens is 2. The Morgan fingerprint density at radius 2 is 1.77 bits per heavy atom. The van der Waals surface area contributed by atoms with Crippen molar-refractivity contribution in [1.29, 1.82) is 0 Å². The van der Waals surface area contributed by atoms with Gasteiger partial charge in [-0.15, -0.1) is 0 Å². The smallest absolute Gasteiger partial charge is 0.338 e. The Morgan fingerprint density at radius 3 is 2.50 bits per heavy atom. The number of hydrogen-bond donors (Lipinski definition) is 1. The van der Waals surface area contributed by atoms with Crippen molar-refractivity contribution in [2.24, 2.45) is 0 Å². The van der Waals surface area contributed by atoms with Crippen LogP contribution in [0.2, 0.25) is 0 Å². The second-order valence-corrected chi connectivity index (χ2v) is 6.53. The van der Waals surface area contributed by atoms with Crippen LogP contribution in [0, 0.1) is 11.6 Å². The van der Waals surface area contributed by atoms with Gasteiger partial charge < -0.3 is 14.8 Å². The molecule has 2 heterocycles. The average Bonchev–Trinajstić information content (AvgIpc) is 2.77. The Bertz CT molecular complexity index is 1090. The third kappa shape index (κ3) is 4.53. The molecule has 1 N–H and O–H groups in total. The summed E-state index contributed by atoms with van der Waals surface area (Å²) in [7, 11) is 2.64. The molecule has 0 fully saturated rings. The molecule has 30 heavy (non-hydrogen) atoms. The SMILES string of the molecule is COC(=O)C1CCNc2ccc(F)cc21.COC(=O)c1ccnc2ccc(F)cc12. The fourth-order valence-electron chi connectivity index (χ4n) is 3.28. The molecule has 0 aliphatic carbocycles. The number of benzene rings is 2. The van der Waals surface area contributed by atoms with Crippen molar-refractivity contribution >= 4 is 28.5 Å². The van der Waals surface area contributed by atoms with Crippen LogP contribution in [0.15, 0.2) is 48.7 Å². The molecular weight excluding hydrogens is 394 g/mol. The number of esters is 2. The van der Waals surface area contributed by atoms with Crippen LogP contribution >= 0.6 is 0 Å². The fourth-order valence-corrected chi connectivity index (χ4v) is 3.28. The van der Waals surface area contributed by atoms with Crippen molar-refractivity contribution in [1.82, 2.24) is 4.98 Å². The molecule has 1 atom stereocenters. The number of anilines is 1. The summed E-state index contributed by atoms with van der Waals surface area (Å²) >= 11 is 0. The minimum absolute atomic E-state index is 0.302. The standard InChI is InChI=1S/C11H12FNO2.C11H8FNO2/c2*1-15-11(14)8-4-5-13-10-3-2-7(12)6-9(8)10/h2-3,6,8,13H,4-5H2,1H3;2-6H,1H3. The van der Waals surface area contributed by atoms with Gasteiger partial charge in [0.05, 0.1) is 31.2 Å². The van der Waals surface area contributed by atoms with Gasteiger partial charge in [-0.1, -0.05) is 0 Å². The zero-order chi connectivity index (χ0) is 21.7. The lowest BCUT2D eigenvalue weighted by Crippen LogP contribution is -2.23. The van der Waals surface area contributed by atoms with E-state index in [1.165, 1.54) is 56.8 Å². The van der Waals surface area contributed by atoms with Gasteiger partial charge in [-0.05, 0) is 54.4 Å². The van der Waals surface area contributed by atoms with Crippen molar-refractivity contribution in [3.05, 3.63) is 71.4 Å². The molecule has 0 saturated carbocycles. The highest BCUT2D eigenvalue weighted by Gasteiger charge is 2.27. The first-order chi connectivity index (χ1) is 14.4. The second kappa shape index (κ2) is 9.30. The molecule has 6 nitrogen and oxygen atoms in total. The van der Waals surface area contributed by atoms with Gasteiger partial charge >= 0.3 is 11.9 Å². The first-order valence-electron chi connectivity index (χ1n) is 9.18. The molecule has 3 aromatic rings. The van der Waals surface area contributed by atoms with Crippen molar-refractivity contribution in [3.8, 4) is 0 Å². The van der Waals surface area contributed by atoms with E-state index in [-0.39, 0.29) is 17.7 Å². The zero-order valence-corrected chi connectivity index (χ0v) is 16.4. The second-order valence-electron chi connectivity index (χ2n) is 6.53. The van der Waals surface area contributed by atoms with E-state index < -0.39 is 11.8 Å². The van der Waals surface area contributed by atoms with Gasteiger partial charge in [-0.2, -0.15) is 0 Å². The Hall–Kier alpha value is -3.55. The molecule has 0 radical (unpaired) electrons. The quantitative estimate of drug-likeness (QED) is 0.638. The fraction of sp³-hybridized carbons (Fsp3) is 0.227. The van der Waals surface area contributed by atoms with Crippen LogP contribution in [0.5, 0.6) is 0 Å². The number of rotatable bonds is 2. The summed E-state index contributed by atoms with van der Waals surface area (Å²) in [5.74, 6) is -1.87. The predicted molar refractivity (Wildman–Crippen MR) is 107 cm³/mol. The summed E-state index contributed by atoms with van der Waals surface area (Å²) in [6.45, 7) is 0.707. The van der Waals surface area contributed by atoms with E-state index in [0.717, 1.165) is 5.69 Å². The number of ether oxygens (including phenoxy) is 2. The van der Waals surface area contributed by atoms with Crippen molar-refractivity contribution in [3.63, 3.8) is 0 Å². The maximum absolute atomic E-state index is 13.1. The lowest BCUT2D eigenvalue weighted by atomic mass is 9.91. The minimum atomic E-state index is -0.493. The van der Waals surface area contributed by atoms with Crippen LogP contribution in [-0.2, 0) is 14.3 Å². The van der Waals surface area contributed by atoms with E-state index in [4.69, 9.17) is 4.74 Å². The van der Waals surface area contributed by atoms with Crippen molar-refractivity contribution in [2.75, 3.05) is 26.1 Å². The Labute approximate surface area is 171 Å². The molecular formula is C22H20F2N2O4. The van der Waals surface area contributed by atoms with Gasteiger partial charge in [0, 0.05) is 23.8 Å². The maximum atomic E-state index is 13.1.